The smallest absolute Gasteiger partial charge is 0.223 e. The standard InChI is InChI=1S/C19H19N3O/c1-21-13-15(11-18(21)23)19-20-16-9-5-6-10-17(16)22(19)12-14-7-3-2-4-8-14/h2-10,15H,11-13H2,1H3. The Bertz CT molecular complexity index is 853. The number of carbonyl (C=O) groups is 1. The Morgan fingerprint density at radius 1 is 1.09 bits per heavy atom. The monoisotopic (exact) mass is 305 g/mol. The first-order chi connectivity index (χ1) is 11.2. The number of carbonyl (C=O) groups excluding carboxylic acids is 1. The van der Waals surface area contributed by atoms with Gasteiger partial charge in [-0.15, -0.1) is 0 Å². The number of hydrogen-bond donors (Lipinski definition) is 0. The molecule has 1 aliphatic rings. The summed E-state index contributed by atoms with van der Waals surface area (Å²) in [6, 6.07) is 18.6. The predicted molar refractivity (Wildman–Crippen MR) is 90.3 cm³/mol. The highest BCUT2D eigenvalue weighted by Crippen LogP contribution is 2.30. The molecule has 0 aliphatic carbocycles. The summed E-state index contributed by atoms with van der Waals surface area (Å²) < 4.78 is 2.27. The third kappa shape index (κ3) is 2.50. The fraction of sp³-hybridized carbons (Fsp3) is 0.263. The minimum atomic E-state index is 0.170. The molecule has 1 aliphatic heterocycles. The van der Waals surface area contributed by atoms with Crippen molar-refractivity contribution in [1.82, 2.24) is 14.5 Å². The molecule has 3 aromatic rings. The van der Waals surface area contributed by atoms with Crippen LogP contribution in [0.2, 0.25) is 0 Å². The van der Waals surface area contributed by atoms with Crippen molar-refractivity contribution in [2.24, 2.45) is 0 Å². The normalized spacial score (nSPS) is 18.0. The molecule has 1 aromatic heterocycles. The van der Waals surface area contributed by atoms with E-state index in [-0.39, 0.29) is 11.8 Å². The number of rotatable bonds is 3. The van der Waals surface area contributed by atoms with Gasteiger partial charge < -0.3 is 9.47 Å². The second-order valence-electron chi connectivity index (χ2n) is 6.21. The molecule has 1 saturated heterocycles. The average molecular weight is 305 g/mol. The Balaban J connectivity index is 1.80. The van der Waals surface area contributed by atoms with Gasteiger partial charge in [-0.3, -0.25) is 4.79 Å². The molecular weight excluding hydrogens is 286 g/mol. The van der Waals surface area contributed by atoms with Gasteiger partial charge in [0.15, 0.2) is 0 Å². The van der Waals surface area contributed by atoms with Crippen LogP contribution in [-0.4, -0.2) is 34.0 Å². The molecular formula is C19H19N3O. The summed E-state index contributed by atoms with van der Waals surface area (Å²) in [5.74, 6) is 1.39. The predicted octanol–water partition coefficient (Wildman–Crippen LogP) is 3.03. The van der Waals surface area contributed by atoms with Crippen molar-refractivity contribution in [3.63, 3.8) is 0 Å². The highest BCUT2D eigenvalue weighted by molar-refractivity contribution is 5.80. The Hall–Kier alpha value is -2.62. The van der Waals surface area contributed by atoms with Crippen molar-refractivity contribution >= 4 is 16.9 Å². The molecule has 0 N–H and O–H groups in total. The van der Waals surface area contributed by atoms with Gasteiger partial charge in [0.25, 0.3) is 0 Å². The average Bonchev–Trinajstić information content (AvgIpc) is 3.10. The molecule has 1 unspecified atom stereocenters. The van der Waals surface area contributed by atoms with Crippen LogP contribution in [0.15, 0.2) is 54.6 Å². The lowest BCUT2D eigenvalue weighted by Gasteiger charge is -2.14. The molecule has 4 heteroatoms. The maximum atomic E-state index is 11.9. The maximum absolute atomic E-state index is 11.9. The van der Waals surface area contributed by atoms with Crippen LogP contribution in [0.4, 0.5) is 0 Å². The lowest BCUT2D eigenvalue weighted by Crippen LogP contribution is -2.19. The molecule has 2 heterocycles. The lowest BCUT2D eigenvalue weighted by atomic mass is 10.1. The Morgan fingerprint density at radius 2 is 1.83 bits per heavy atom. The van der Waals surface area contributed by atoms with Crippen LogP contribution in [0.25, 0.3) is 11.0 Å². The summed E-state index contributed by atoms with van der Waals surface area (Å²) in [5.41, 5.74) is 3.38. The number of aromatic nitrogens is 2. The van der Waals surface area contributed by atoms with Gasteiger partial charge >= 0.3 is 0 Å². The molecule has 4 rings (SSSR count). The largest absolute Gasteiger partial charge is 0.345 e. The fourth-order valence-corrected chi connectivity index (χ4v) is 3.37. The molecule has 0 radical (unpaired) electrons. The molecule has 1 fully saturated rings. The molecule has 2 aromatic carbocycles. The van der Waals surface area contributed by atoms with Crippen LogP contribution in [-0.2, 0) is 11.3 Å². The van der Waals surface area contributed by atoms with Crippen LogP contribution >= 0.6 is 0 Å². The number of para-hydroxylation sites is 2. The number of hydrogen-bond acceptors (Lipinski definition) is 2. The van der Waals surface area contributed by atoms with E-state index in [1.165, 1.54) is 5.56 Å². The van der Waals surface area contributed by atoms with E-state index in [0.29, 0.717) is 6.42 Å². The molecule has 0 spiro atoms. The first kappa shape index (κ1) is 14.0. The van der Waals surface area contributed by atoms with E-state index in [1.54, 1.807) is 4.90 Å². The number of likely N-dealkylation sites (tertiary alicyclic amines) is 1. The first-order valence-corrected chi connectivity index (χ1v) is 7.95. The number of nitrogens with zero attached hydrogens (tertiary/aromatic N) is 3. The van der Waals surface area contributed by atoms with Gasteiger partial charge in [0, 0.05) is 32.5 Å². The van der Waals surface area contributed by atoms with Gasteiger partial charge in [0.1, 0.15) is 5.82 Å². The fourth-order valence-electron chi connectivity index (χ4n) is 3.37. The summed E-state index contributed by atoms with van der Waals surface area (Å²) in [5, 5.41) is 0. The summed E-state index contributed by atoms with van der Waals surface area (Å²) in [6.45, 7) is 1.53. The van der Waals surface area contributed by atoms with Crippen molar-refractivity contribution in [2.75, 3.05) is 13.6 Å². The third-order valence-electron chi connectivity index (χ3n) is 4.57. The summed E-state index contributed by atoms with van der Waals surface area (Å²) in [7, 11) is 1.87. The summed E-state index contributed by atoms with van der Waals surface area (Å²) >= 11 is 0. The van der Waals surface area contributed by atoms with Crippen LogP contribution in [0.5, 0.6) is 0 Å². The van der Waals surface area contributed by atoms with E-state index in [1.807, 2.05) is 31.3 Å². The molecule has 1 amide bonds. The first-order valence-electron chi connectivity index (χ1n) is 7.95. The second-order valence-corrected chi connectivity index (χ2v) is 6.21. The van der Waals surface area contributed by atoms with E-state index >= 15 is 0 Å². The number of likely N-dealkylation sites (N-methyl/N-ethyl adjacent to an activating group) is 1. The molecule has 4 nitrogen and oxygen atoms in total. The second kappa shape index (κ2) is 5.54. The van der Waals surface area contributed by atoms with Crippen molar-refractivity contribution in [2.45, 2.75) is 18.9 Å². The topological polar surface area (TPSA) is 38.1 Å². The van der Waals surface area contributed by atoms with Crippen LogP contribution in [0, 0.1) is 0 Å². The SMILES string of the molecule is CN1CC(c2nc3ccccc3n2Cc2ccccc2)CC1=O. The minimum Gasteiger partial charge on any atom is -0.345 e. The third-order valence-corrected chi connectivity index (χ3v) is 4.57. The number of amides is 1. The van der Waals surface area contributed by atoms with Gasteiger partial charge in [-0.2, -0.15) is 0 Å². The maximum Gasteiger partial charge on any atom is 0.223 e. The minimum absolute atomic E-state index is 0.170. The molecule has 0 saturated carbocycles. The number of fused-ring (bicyclic) bond motifs is 1. The van der Waals surface area contributed by atoms with Gasteiger partial charge in [0.05, 0.1) is 11.0 Å². The van der Waals surface area contributed by atoms with Crippen LogP contribution < -0.4 is 0 Å². The molecule has 23 heavy (non-hydrogen) atoms. The van der Waals surface area contributed by atoms with Gasteiger partial charge in [-0.1, -0.05) is 42.5 Å². The van der Waals surface area contributed by atoms with Gasteiger partial charge in [0.2, 0.25) is 5.91 Å². The van der Waals surface area contributed by atoms with E-state index in [9.17, 15) is 4.79 Å². The highest BCUT2D eigenvalue weighted by atomic mass is 16.2. The van der Waals surface area contributed by atoms with E-state index in [4.69, 9.17) is 4.98 Å². The van der Waals surface area contributed by atoms with E-state index in [2.05, 4.69) is 34.9 Å². The van der Waals surface area contributed by atoms with Crippen LogP contribution in [0.3, 0.4) is 0 Å². The Kier molecular flexibility index (Phi) is 3.37. The number of benzene rings is 2. The van der Waals surface area contributed by atoms with Crippen molar-refractivity contribution in [3.8, 4) is 0 Å². The van der Waals surface area contributed by atoms with E-state index in [0.717, 1.165) is 29.9 Å². The summed E-state index contributed by atoms with van der Waals surface area (Å²) in [4.78, 5) is 18.6. The van der Waals surface area contributed by atoms with E-state index < -0.39 is 0 Å². The van der Waals surface area contributed by atoms with Crippen molar-refractivity contribution in [1.29, 1.82) is 0 Å². The highest BCUT2D eigenvalue weighted by Gasteiger charge is 2.31. The lowest BCUT2D eigenvalue weighted by molar-refractivity contribution is -0.126. The quantitative estimate of drug-likeness (QED) is 0.746. The van der Waals surface area contributed by atoms with Gasteiger partial charge in [-0.25, -0.2) is 4.98 Å². The Labute approximate surface area is 135 Å². The number of imidazole rings is 1. The molecule has 116 valence electrons. The summed E-state index contributed by atoms with van der Waals surface area (Å²) in [6.07, 6.45) is 0.550. The van der Waals surface area contributed by atoms with Crippen molar-refractivity contribution in [3.05, 3.63) is 66.0 Å². The zero-order valence-electron chi connectivity index (χ0n) is 13.1. The van der Waals surface area contributed by atoms with Crippen molar-refractivity contribution < 1.29 is 4.79 Å². The molecule has 1 atom stereocenters. The zero-order valence-corrected chi connectivity index (χ0v) is 13.1. The molecule has 0 bridgehead atoms. The van der Waals surface area contributed by atoms with Gasteiger partial charge in [-0.05, 0) is 17.7 Å². The zero-order chi connectivity index (χ0) is 15.8. The van der Waals surface area contributed by atoms with Crippen LogP contribution in [0.1, 0.15) is 23.7 Å². The Morgan fingerprint density at radius 3 is 2.57 bits per heavy atom.